The number of ether oxygens (including phenoxy) is 2. The van der Waals surface area contributed by atoms with Crippen LogP contribution in [0.1, 0.15) is 194 Å². The van der Waals surface area contributed by atoms with Gasteiger partial charge in [-0.2, -0.15) is 0 Å². The van der Waals surface area contributed by atoms with Gasteiger partial charge in [-0.3, -0.25) is 0 Å². The lowest BCUT2D eigenvalue weighted by molar-refractivity contribution is -0.196. The molecule has 0 radical (unpaired) electrons. The van der Waals surface area contributed by atoms with E-state index in [9.17, 15) is 0 Å². The van der Waals surface area contributed by atoms with E-state index in [0.29, 0.717) is 30.1 Å². The van der Waals surface area contributed by atoms with Crippen molar-refractivity contribution in [1.82, 2.24) is 5.32 Å². The van der Waals surface area contributed by atoms with Gasteiger partial charge in [0.25, 0.3) is 0 Å². The van der Waals surface area contributed by atoms with Crippen molar-refractivity contribution in [1.29, 1.82) is 0 Å². The second-order valence-electron chi connectivity index (χ2n) is 15.5. The number of unbranched alkanes of at least 4 members (excludes halogenated alkanes) is 18. The summed E-state index contributed by atoms with van der Waals surface area (Å²) in [7, 11) is 2.14. The van der Waals surface area contributed by atoms with Gasteiger partial charge in [0.2, 0.25) is 0 Å². The van der Waals surface area contributed by atoms with Gasteiger partial charge in [0.1, 0.15) is 0 Å². The van der Waals surface area contributed by atoms with Crippen LogP contribution in [0.5, 0.6) is 0 Å². The highest BCUT2D eigenvalue weighted by atomic mass is 16.8. The molecule has 0 aromatic rings. The van der Waals surface area contributed by atoms with Crippen LogP contribution in [0, 0.1) is 11.8 Å². The molecule has 2 aliphatic carbocycles. The Labute approximate surface area is 299 Å². The van der Waals surface area contributed by atoms with Crippen LogP contribution in [-0.2, 0) is 9.47 Å². The van der Waals surface area contributed by atoms with E-state index in [4.69, 9.17) is 9.47 Å². The van der Waals surface area contributed by atoms with Gasteiger partial charge in [-0.1, -0.05) is 140 Å². The molecule has 2 bridgehead atoms. The van der Waals surface area contributed by atoms with Gasteiger partial charge in [-0.05, 0) is 103 Å². The Balaban J connectivity index is 1.25. The number of hydrogen-bond donors (Lipinski definition) is 1. The number of rotatable bonds is 31. The van der Waals surface area contributed by atoms with Gasteiger partial charge < -0.3 is 14.8 Å². The Morgan fingerprint density at radius 3 is 1.38 bits per heavy atom. The molecular formula is C45H79NO2. The summed E-state index contributed by atoms with van der Waals surface area (Å²) in [5, 5.41) is 3.59. The minimum absolute atomic E-state index is 0.306. The van der Waals surface area contributed by atoms with Gasteiger partial charge in [-0.15, -0.1) is 0 Å². The van der Waals surface area contributed by atoms with E-state index in [-0.39, 0.29) is 5.79 Å². The van der Waals surface area contributed by atoms with Crippen molar-refractivity contribution in [2.75, 3.05) is 7.05 Å². The van der Waals surface area contributed by atoms with Crippen LogP contribution in [0.25, 0.3) is 0 Å². The minimum Gasteiger partial charge on any atom is -0.344 e. The summed E-state index contributed by atoms with van der Waals surface area (Å²) in [5.41, 5.74) is 0. The molecule has 276 valence electrons. The monoisotopic (exact) mass is 666 g/mol. The molecule has 1 saturated heterocycles. The fourth-order valence-electron chi connectivity index (χ4n) is 8.55. The van der Waals surface area contributed by atoms with Crippen LogP contribution in [-0.4, -0.2) is 31.1 Å². The zero-order chi connectivity index (χ0) is 34.0. The van der Waals surface area contributed by atoms with Gasteiger partial charge in [-0.25, -0.2) is 0 Å². The second-order valence-corrected chi connectivity index (χ2v) is 15.5. The van der Waals surface area contributed by atoms with Crippen LogP contribution >= 0.6 is 0 Å². The summed E-state index contributed by atoms with van der Waals surface area (Å²) in [4.78, 5) is 0. The van der Waals surface area contributed by atoms with Crippen LogP contribution < -0.4 is 5.32 Å². The smallest absolute Gasteiger partial charge is 0.169 e. The Kier molecular flexibility index (Phi) is 22.9. The third kappa shape index (κ3) is 16.2. The first-order valence-corrected chi connectivity index (χ1v) is 21.4. The molecular weight excluding hydrogens is 587 g/mol. The lowest BCUT2D eigenvalue weighted by Gasteiger charge is -2.30. The first kappa shape index (κ1) is 41.3. The van der Waals surface area contributed by atoms with Gasteiger partial charge in [0, 0.05) is 24.8 Å². The van der Waals surface area contributed by atoms with Crippen LogP contribution in [0.4, 0.5) is 0 Å². The van der Waals surface area contributed by atoms with Crippen LogP contribution in [0.15, 0.2) is 48.6 Å². The lowest BCUT2D eigenvalue weighted by Crippen LogP contribution is -2.43. The molecule has 3 aliphatic rings. The van der Waals surface area contributed by atoms with E-state index in [1.54, 1.807) is 0 Å². The van der Waals surface area contributed by atoms with E-state index in [0.717, 1.165) is 25.7 Å². The maximum Gasteiger partial charge on any atom is 0.169 e. The SMILES string of the molecule is CCCCC/C=C\C/C=C\CCCCCCCCC1(CCCCCCCC/C=C\C/C=C\CCCCC)O[C@@H]2C3CC([C@@H](NC)C3)[C@H]2O1. The molecule has 1 N–H and O–H groups in total. The van der Waals surface area contributed by atoms with Crippen molar-refractivity contribution in [3.8, 4) is 0 Å². The minimum atomic E-state index is -0.306. The average Bonchev–Trinajstić information content (AvgIpc) is 3.79. The summed E-state index contributed by atoms with van der Waals surface area (Å²) in [6.45, 7) is 4.55. The Hall–Kier alpha value is -1.16. The summed E-state index contributed by atoms with van der Waals surface area (Å²) >= 11 is 0. The van der Waals surface area contributed by atoms with E-state index < -0.39 is 0 Å². The normalized spacial score (nSPS) is 24.9. The lowest BCUT2D eigenvalue weighted by atomic mass is 9.91. The van der Waals surface area contributed by atoms with E-state index in [1.165, 1.54) is 154 Å². The van der Waals surface area contributed by atoms with Crippen molar-refractivity contribution in [2.24, 2.45) is 11.8 Å². The van der Waals surface area contributed by atoms with Crippen molar-refractivity contribution >= 4 is 0 Å². The van der Waals surface area contributed by atoms with E-state index in [2.05, 4.69) is 74.8 Å². The summed E-state index contributed by atoms with van der Waals surface area (Å²) < 4.78 is 14.0. The van der Waals surface area contributed by atoms with E-state index in [1.807, 2.05) is 0 Å². The zero-order valence-electron chi connectivity index (χ0n) is 32.1. The third-order valence-corrected chi connectivity index (χ3v) is 11.4. The number of hydrogen-bond acceptors (Lipinski definition) is 3. The molecule has 0 amide bonds. The maximum atomic E-state index is 7.00. The Morgan fingerprint density at radius 2 is 0.917 bits per heavy atom. The van der Waals surface area contributed by atoms with Crippen molar-refractivity contribution < 1.29 is 9.47 Å². The molecule has 2 saturated carbocycles. The predicted octanol–water partition coefficient (Wildman–Crippen LogP) is 13.5. The topological polar surface area (TPSA) is 30.5 Å². The summed E-state index contributed by atoms with van der Waals surface area (Å²) in [6.07, 6.45) is 55.5. The highest BCUT2D eigenvalue weighted by Gasteiger charge is 2.61. The third-order valence-electron chi connectivity index (χ3n) is 11.4. The molecule has 3 fully saturated rings. The Morgan fingerprint density at radius 1 is 0.500 bits per heavy atom. The molecule has 0 spiro atoms. The van der Waals surface area contributed by atoms with Crippen LogP contribution in [0.2, 0.25) is 0 Å². The van der Waals surface area contributed by atoms with Gasteiger partial charge in [0.15, 0.2) is 5.79 Å². The first-order chi connectivity index (χ1) is 23.7. The predicted molar refractivity (Wildman–Crippen MR) is 209 cm³/mol. The fraction of sp³-hybridized carbons (Fsp3) is 0.822. The molecule has 3 rings (SSSR count). The van der Waals surface area contributed by atoms with E-state index >= 15 is 0 Å². The molecule has 1 heterocycles. The molecule has 3 nitrogen and oxygen atoms in total. The van der Waals surface area contributed by atoms with Gasteiger partial charge >= 0.3 is 0 Å². The molecule has 2 unspecified atom stereocenters. The highest BCUT2D eigenvalue weighted by Crippen LogP contribution is 2.55. The number of fused-ring (bicyclic) bond motifs is 5. The molecule has 0 aromatic heterocycles. The maximum absolute atomic E-state index is 7.00. The first-order valence-electron chi connectivity index (χ1n) is 21.4. The second kappa shape index (κ2) is 26.6. The number of nitrogens with one attached hydrogen (secondary N) is 1. The number of allylic oxidation sites excluding steroid dienone is 8. The molecule has 5 atom stereocenters. The quantitative estimate of drug-likeness (QED) is 0.0590. The highest BCUT2D eigenvalue weighted by molar-refractivity contribution is 5.09. The van der Waals surface area contributed by atoms with Crippen molar-refractivity contribution in [2.45, 2.75) is 218 Å². The van der Waals surface area contributed by atoms with Gasteiger partial charge in [0.05, 0.1) is 12.2 Å². The van der Waals surface area contributed by atoms with Crippen molar-refractivity contribution in [3.05, 3.63) is 48.6 Å². The average molecular weight is 666 g/mol. The fourth-order valence-corrected chi connectivity index (χ4v) is 8.55. The summed E-state index contributed by atoms with van der Waals surface area (Å²) in [5.74, 6) is 1.05. The van der Waals surface area contributed by atoms with Crippen molar-refractivity contribution in [3.63, 3.8) is 0 Å². The standard InChI is InChI=1S/C45H79NO2/c1-4-6-8-10-12-14-16-18-20-22-24-26-28-30-32-34-36-45(47-43-40-38-41(44(43)48-45)42(39-40)46-3)37-35-33-31-29-27-25-23-21-19-17-15-13-11-9-7-5-2/h12-15,18-21,40-44,46H,4-11,16-17,22-39H2,1-3H3/b14-12-,15-13-,20-18-,21-19-/t40?,41?,42-,43+,44+/m0/s1. The Bertz CT molecular complexity index is 839. The largest absolute Gasteiger partial charge is 0.344 e. The molecule has 3 heteroatoms. The molecule has 48 heavy (non-hydrogen) atoms. The zero-order valence-corrected chi connectivity index (χ0v) is 32.1. The molecule has 0 aromatic carbocycles. The summed E-state index contributed by atoms with van der Waals surface area (Å²) in [6, 6.07) is 0.624. The molecule has 1 aliphatic heterocycles. The van der Waals surface area contributed by atoms with Crippen LogP contribution in [0.3, 0.4) is 0 Å².